The third kappa shape index (κ3) is 28.5. The van der Waals surface area contributed by atoms with E-state index in [-0.39, 0.29) is 0 Å². The molecule has 0 aromatic heterocycles. The Morgan fingerprint density at radius 1 is 0.238 bits per heavy atom. The van der Waals surface area contributed by atoms with Gasteiger partial charge in [-0.3, -0.25) is 37.8 Å². The van der Waals surface area contributed by atoms with Gasteiger partial charge in [-0.05, 0) is 0 Å². The van der Waals surface area contributed by atoms with E-state index in [4.69, 9.17) is 114 Å². The molecule has 6 amide bonds. The molecular weight excluding hydrogens is 2030 g/mol. The van der Waals surface area contributed by atoms with Gasteiger partial charge >= 0.3 is 7.82 Å². The van der Waals surface area contributed by atoms with E-state index in [1.807, 2.05) is 0 Å². The van der Waals surface area contributed by atoms with Crippen LogP contribution in [-0.2, 0) is 142 Å². The molecule has 0 saturated carbocycles. The van der Waals surface area contributed by atoms with Crippen LogP contribution in [0.5, 0.6) is 0 Å². The van der Waals surface area contributed by atoms with Gasteiger partial charge < -0.3 is 285 Å². The van der Waals surface area contributed by atoms with E-state index in [9.17, 15) is 181 Å². The van der Waals surface area contributed by atoms with Crippen molar-refractivity contribution in [2.24, 2.45) is 5.73 Å². The topological polar surface area (TPSA) is 1020 Å². The van der Waals surface area contributed by atoms with Crippen molar-refractivity contribution < 1.29 is 290 Å². The highest BCUT2D eigenvalue weighted by Gasteiger charge is 2.64. The molecule has 0 bridgehead atoms. The number of rotatable bonds is 42. The third-order valence-corrected chi connectivity index (χ3v) is 27.0. The minimum atomic E-state index is -5.38. The summed E-state index contributed by atoms with van der Waals surface area (Å²) in [4.78, 5) is 89.6. The van der Waals surface area contributed by atoms with Crippen LogP contribution in [0.2, 0.25) is 0 Å². The van der Waals surface area contributed by atoms with E-state index >= 15 is 0 Å². The van der Waals surface area contributed by atoms with Crippen LogP contribution in [0.1, 0.15) is 41.5 Å². The number of aliphatic hydroxyl groups is 28. The number of amides is 6. The second kappa shape index (κ2) is 54.1. The minimum Gasteiger partial charge on any atom is -0.394 e. The van der Waals surface area contributed by atoms with Crippen molar-refractivity contribution >= 4 is 43.3 Å². The van der Waals surface area contributed by atoms with E-state index in [2.05, 4.69) is 31.9 Å². The third-order valence-electron chi connectivity index (χ3n) is 26.0. The summed E-state index contributed by atoms with van der Waals surface area (Å²) in [6, 6.07) is -11.9. The van der Waals surface area contributed by atoms with Crippen LogP contribution in [0.15, 0.2) is 0 Å². The summed E-state index contributed by atoms with van der Waals surface area (Å²) >= 11 is 0. The van der Waals surface area contributed by atoms with Gasteiger partial charge in [0.1, 0.15) is 268 Å². The molecule has 11 rings (SSSR count). The molecule has 37 N–H and O–H groups in total. The zero-order chi connectivity index (χ0) is 108. The monoisotopic (exact) mass is 2170 g/mol. The van der Waals surface area contributed by atoms with Crippen LogP contribution >= 0.6 is 7.82 Å². The molecule has 0 aromatic carbocycles. The lowest BCUT2D eigenvalue weighted by molar-refractivity contribution is -0.398. The minimum absolute atomic E-state index is 0.422. The Morgan fingerprint density at radius 3 is 0.864 bits per heavy atom. The van der Waals surface area contributed by atoms with Crippen LogP contribution < -0.4 is 37.6 Å². The van der Waals surface area contributed by atoms with Crippen molar-refractivity contribution in [3.8, 4) is 0 Å². The highest BCUT2D eigenvalue weighted by Crippen LogP contribution is 2.46. The molecule has 1 unspecified atom stereocenters. The number of hydrogen-bond donors (Lipinski definition) is 36. The fourth-order valence-electron chi connectivity index (χ4n) is 18.6. The lowest BCUT2D eigenvalue weighted by atomic mass is 9.93. The molecule has 56 atom stereocenters. The Balaban J connectivity index is 0.946. The number of carbonyl (C=O) groups is 6. The predicted molar refractivity (Wildman–Crippen MR) is 456 cm³/mol. The van der Waals surface area contributed by atoms with Crippen LogP contribution in [-0.4, -0.2) is 607 Å². The largest absolute Gasteiger partial charge is 0.472 e. The maximum absolute atomic E-state index is 13.6. The summed E-state index contributed by atoms with van der Waals surface area (Å²) in [6.07, 6.45) is -108. The van der Waals surface area contributed by atoms with Crippen LogP contribution in [0.3, 0.4) is 0 Å². The quantitative estimate of drug-likeness (QED) is 0.0252. The molecule has 11 aliphatic rings. The average molecular weight is 2170 g/mol. The molecule has 0 aliphatic carbocycles. The van der Waals surface area contributed by atoms with Crippen LogP contribution in [0, 0.1) is 0 Å². The number of aliphatic hydroxyl groups excluding tert-OH is 28. The fourth-order valence-corrected chi connectivity index (χ4v) is 19.3. The van der Waals surface area contributed by atoms with Gasteiger partial charge in [-0.1, -0.05) is 0 Å². The van der Waals surface area contributed by atoms with E-state index < -0.39 is 466 Å². The summed E-state index contributed by atoms with van der Waals surface area (Å²) < 4.78 is 151. The van der Waals surface area contributed by atoms with Crippen molar-refractivity contribution in [2.45, 2.75) is 379 Å². The molecule has 147 heavy (non-hydrogen) atoms. The summed E-state index contributed by atoms with van der Waals surface area (Å²) in [5.41, 5.74) is 5.54. The first-order valence-corrected chi connectivity index (χ1v) is 48.0. The van der Waals surface area contributed by atoms with E-state index in [1.165, 1.54) is 0 Å². The number of nitrogens with one attached hydrogen (secondary N) is 6. The molecular formula is C80H136N7O59P. The van der Waals surface area contributed by atoms with Gasteiger partial charge in [0.25, 0.3) is 0 Å². The van der Waals surface area contributed by atoms with Gasteiger partial charge in [0.15, 0.2) is 69.2 Å². The van der Waals surface area contributed by atoms with Crippen LogP contribution in [0.25, 0.3) is 0 Å². The van der Waals surface area contributed by atoms with E-state index in [1.54, 1.807) is 0 Å². The number of nitrogens with two attached hydrogens (primary N) is 1. The number of ether oxygens (including phenoxy) is 21. The van der Waals surface area contributed by atoms with Crippen molar-refractivity contribution in [1.82, 2.24) is 31.9 Å². The molecule has 11 fully saturated rings. The average Bonchev–Trinajstić information content (AvgIpc) is 0.756. The van der Waals surface area contributed by atoms with E-state index in [0.29, 0.717) is 0 Å². The molecule has 0 spiro atoms. The second-order valence-electron chi connectivity index (χ2n) is 36.5. The van der Waals surface area contributed by atoms with Gasteiger partial charge in [0, 0.05) is 48.1 Å². The lowest BCUT2D eigenvalue weighted by Crippen LogP contribution is -2.71. The number of hydrogen-bond acceptors (Lipinski definition) is 59. The smallest absolute Gasteiger partial charge is 0.394 e. The summed E-state index contributed by atoms with van der Waals surface area (Å²) in [5, 5.41) is 332. The highest BCUT2D eigenvalue weighted by atomic mass is 31.2. The first-order chi connectivity index (χ1) is 69.5. The molecule has 11 heterocycles. The highest BCUT2D eigenvalue weighted by molar-refractivity contribution is 7.47. The maximum Gasteiger partial charge on any atom is 0.472 e. The SMILES string of the molecule is CC(=O)N[C@@H]1[C@@H](O)[C@H](O[C@@H]2O[C@H](CO)[C@@H](O[C@@H]3O[C@H](CO[C@H]4O[C@H](CO)[C@@H](O)[C@H](O)[C@@H]4O[C@@H]4O[C@H](CO)[C@@H](O[C@@H]5O[C@H](CO)[C@H](O)[C@H](O[C@@H]6O[C@H](CO)[C@H](O)[C@H](O)[C@H]6O)[C@H]5NC(C)=O)[C@H](O)[C@H]4NC(C)=O)[C@@H](O)[C@H](O[C@H]4O[C@H](CO)[C@@H](O)[C@H](O)[C@@H]4O[C@@H]4O[C@H](COP(=O)(O)OCCN)[C@@H](O[C@@H]5O[C@H](CO)[C@H](O)[C@H](O[C@@H]6O[C@H](CO)[C@H](O)[C@H](O)[C@H]6O)[C@H]5NC(C)=O)[C@H](O)[C@H]4NC(C)=O)[C@@H]3O)[C@H](O)[C@H]2NC(C)=O)[C@@H](CO)O[C@H]1O. The first kappa shape index (κ1) is 122. The summed E-state index contributed by atoms with van der Waals surface area (Å²) in [6.45, 7) is -8.77. The molecule has 0 radical (unpaired) electrons. The van der Waals surface area contributed by atoms with Crippen LogP contribution in [0.4, 0.5) is 0 Å². The zero-order valence-corrected chi connectivity index (χ0v) is 80.1. The molecule has 66 nitrogen and oxygen atoms in total. The molecule has 11 saturated heterocycles. The van der Waals surface area contributed by atoms with Crippen molar-refractivity contribution in [3.05, 3.63) is 0 Å². The van der Waals surface area contributed by atoms with Gasteiger partial charge in [-0.2, -0.15) is 0 Å². The summed E-state index contributed by atoms with van der Waals surface area (Å²) in [7, 11) is -5.38. The van der Waals surface area contributed by atoms with Crippen molar-refractivity contribution in [1.29, 1.82) is 0 Å². The Bertz CT molecular complexity index is 4190. The number of phosphoric ester groups is 1. The Kier molecular flexibility index (Phi) is 44.9. The molecule has 0 aromatic rings. The summed E-state index contributed by atoms with van der Waals surface area (Å²) in [5.74, 6) is -5.93. The van der Waals surface area contributed by atoms with E-state index in [0.717, 1.165) is 41.5 Å². The second-order valence-corrected chi connectivity index (χ2v) is 37.9. The zero-order valence-electron chi connectivity index (χ0n) is 79.2. The Labute approximate surface area is 832 Å². The maximum atomic E-state index is 13.6. The lowest BCUT2D eigenvalue weighted by Gasteiger charge is -2.51. The Hall–Kier alpha value is -5.07. The van der Waals surface area contributed by atoms with Gasteiger partial charge in [-0.25, -0.2) is 4.57 Å². The molecule has 11 aliphatic heterocycles. The number of phosphoric acid groups is 1. The fraction of sp³-hybridized carbons (Fsp3) is 0.925. The normalized spacial score (nSPS) is 46.8. The standard InChI is InChI=1S/C80H136N7O59P/c1-20(97)82-37-50(110)61(32(15-94)127-70(37)121)138-71-38(83-21(2)98)52(112)63(34(17-96)134-71)141-78-60(120)67(49(109)35(136-78)18-124-79-68(56(116)45(105)28(11-90)132-79)145-72-39(84-22(3)99)51(111)62(33(16-95)135-72)139-74-41(86-24(5)101)65(47(107)30(13-92)128-74)142-76-58(118)54(114)43(103)26(9-88)130-76)144-80-69(57(117)46(106)29(12-91)133-80)146-73-40(85-23(4)100)53(113)64(36(137-73)19-126-147(122,123)125-8-7-81)140-75-42(87-25(6)102)66(48(108)31(14-93)129-75)143-77-59(119)55(115)44(104)27(10-89)131-77/h26-80,88-96,103-121H,7-19,81H2,1-6H3,(H,82,97)(H,83,98)(H,84,99)(H,85,100)(H,86,101)(H,87,102)(H,122,123)/t26-,27-,28-,29-,30-,31-,32-,33-,34-,35-,36-,37-,38-,39-,40-,41-,42-,43+,44+,45-,46-,47+,48+,49-,50-,51-,52-,53-,54+,55+,56+,57+,58-,59-,60+,61-,62-,63-,64-,65-,66-,67+,68+,69+,70-,71+,72+,73+,74+,75+,76+,77+,78+,79+,80-/m1/s1. The predicted octanol–water partition coefficient (Wildman–Crippen LogP) is -24.0. The van der Waals surface area contributed by atoms with Gasteiger partial charge in [0.2, 0.25) is 35.4 Å². The Morgan fingerprint density at radius 2 is 0.490 bits per heavy atom. The molecule has 850 valence electrons. The number of carbonyl (C=O) groups excluding carboxylic acids is 6. The molecule has 67 heteroatoms. The van der Waals surface area contributed by atoms with Gasteiger partial charge in [0.05, 0.1) is 79.3 Å². The van der Waals surface area contributed by atoms with Crippen molar-refractivity contribution in [2.75, 3.05) is 85.8 Å². The van der Waals surface area contributed by atoms with Crippen molar-refractivity contribution in [3.63, 3.8) is 0 Å². The van der Waals surface area contributed by atoms with Gasteiger partial charge in [-0.15, -0.1) is 0 Å². The first-order valence-electron chi connectivity index (χ1n) is 46.6.